The van der Waals surface area contributed by atoms with Crippen LogP contribution < -0.4 is 5.73 Å². The van der Waals surface area contributed by atoms with Gasteiger partial charge in [0, 0.05) is 5.38 Å². The molecule has 5 heteroatoms. The number of carbonyl (C=O) groups is 1. The van der Waals surface area contributed by atoms with E-state index in [0.717, 1.165) is 0 Å². The first-order valence-corrected chi connectivity index (χ1v) is 4.46. The predicted molar refractivity (Wildman–Crippen MR) is 46.9 cm³/mol. The highest BCUT2D eigenvalue weighted by Gasteiger charge is 2.06. The SMILES string of the molecule is CCOC(=O)Cc1cs[13c]([15NH2])[15n]1. The van der Waals surface area contributed by atoms with Gasteiger partial charge in [-0.15, -0.1) is 11.3 Å². The Labute approximate surface area is 74.4 Å². The Bertz CT molecular complexity index is 272. The minimum atomic E-state index is -0.261. The van der Waals surface area contributed by atoms with Crippen LogP contribution in [0.2, 0.25) is 0 Å². The Morgan fingerprint density at radius 3 is 3.08 bits per heavy atom. The number of esters is 1. The molecule has 0 saturated heterocycles. The molecule has 0 bridgehead atoms. The number of aromatic nitrogens is 1. The molecule has 1 aromatic heterocycles. The quantitative estimate of drug-likeness (QED) is 0.565. The van der Waals surface area contributed by atoms with Gasteiger partial charge in [-0.3, -0.25) is 4.79 Å². The predicted octanol–water partition coefficient (Wildman–Crippen LogP) is 0.831. The van der Waals surface area contributed by atoms with Crippen LogP contribution in [0.3, 0.4) is 0 Å². The lowest BCUT2D eigenvalue weighted by Crippen LogP contribution is -2.07. The van der Waals surface area contributed by atoms with Crippen LogP contribution in [-0.4, -0.2) is 17.6 Å². The highest BCUT2D eigenvalue weighted by atomic mass is 32.1. The number of nitrogen functional groups attached to an aromatic ring is 1. The molecule has 12 heavy (non-hydrogen) atoms. The molecule has 0 aliphatic heterocycles. The number of hydrogen-bond donors (Lipinski definition) is 1. The van der Waals surface area contributed by atoms with Crippen LogP contribution in [0.25, 0.3) is 0 Å². The van der Waals surface area contributed by atoms with E-state index in [-0.39, 0.29) is 12.4 Å². The Kier molecular flexibility index (Phi) is 3.04. The number of carbonyl (C=O) groups excluding carboxylic acids is 1. The summed E-state index contributed by atoms with van der Waals surface area (Å²) in [6.07, 6.45) is 0.210. The van der Waals surface area contributed by atoms with Gasteiger partial charge in [-0.05, 0) is 6.92 Å². The fraction of sp³-hybridized carbons (Fsp3) is 0.429. The van der Waals surface area contributed by atoms with E-state index in [4.69, 9.17) is 10.5 Å². The first kappa shape index (κ1) is 8.99. The van der Waals surface area contributed by atoms with Crippen molar-refractivity contribution in [2.24, 2.45) is 0 Å². The van der Waals surface area contributed by atoms with E-state index >= 15 is 0 Å². The molecular weight excluding hydrogens is 179 g/mol. The van der Waals surface area contributed by atoms with Crippen molar-refractivity contribution in [2.45, 2.75) is 13.3 Å². The minimum absolute atomic E-state index is 0.210. The number of hydrogen-bond acceptors (Lipinski definition) is 5. The lowest BCUT2D eigenvalue weighted by molar-refractivity contribution is -0.142. The summed E-state index contributed by atoms with van der Waals surface area (Å²) in [5.41, 5.74) is 6.06. The Morgan fingerprint density at radius 2 is 2.58 bits per heavy atom. The van der Waals surface area contributed by atoms with E-state index in [9.17, 15) is 4.79 Å². The van der Waals surface area contributed by atoms with Crippen molar-refractivity contribution in [3.63, 3.8) is 0 Å². The maximum absolute atomic E-state index is 10.9. The van der Waals surface area contributed by atoms with E-state index in [1.165, 1.54) is 11.3 Å². The zero-order chi connectivity index (χ0) is 8.97. The average molecular weight is 189 g/mol. The molecule has 0 fully saturated rings. The molecule has 0 aromatic carbocycles. The molecule has 0 amide bonds. The number of rotatable bonds is 3. The van der Waals surface area contributed by atoms with Crippen LogP contribution in [0.4, 0.5) is 5.13 Å². The summed E-state index contributed by atoms with van der Waals surface area (Å²) in [5.74, 6) is -0.261. The molecule has 0 spiro atoms. The smallest absolute Gasteiger partial charge is 0.311 e. The van der Waals surface area contributed by atoms with Gasteiger partial charge in [0.1, 0.15) is 0 Å². The van der Waals surface area contributed by atoms with E-state index < -0.39 is 0 Å². The van der Waals surface area contributed by atoms with Crippen LogP contribution in [0.5, 0.6) is 0 Å². The first-order valence-electron chi connectivity index (χ1n) is 3.58. The molecule has 0 saturated carbocycles. The van der Waals surface area contributed by atoms with Crippen LogP contribution in [0.1, 0.15) is 12.6 Å². The fourth-order valence-corrected chi connectivity index (χ4v) is 1.33. The van der Waals surface area contributed by atoms with Crippen molar-refractivity contribution in [2.75, 3.05) is 12.3 Å². The second kappa shape index (κ2) is 4.06. The third-order valence-corrected chi connectivity index (χ3v) is 1.92. The van der Waals surface area contributed by atoms with E-state index in [2.05, 4.69) is 4.98 Å². The fourth-order valence-electron chi connectivity index (χ4n) is 0.764. The topological polar surface area (TPSA) is 65.2 Å². The maximum Gasteiger partial charge on any atom is 0.311 e. The van der Waals surface area contributed by atoms with Gasteiger partial charge in [0.25, 0.3) is 0 Å². The summed E-state index contributed by atoms with van der Waals surface area (Å²) in [7, 11) is 0. The standard InChI is InChI=1S/C7H10N2O2S/c1-2-11-6(10)3-5-4-12-7(8)9-5/h4H,2-3H2,1H3,(H2,8,9)/i7+1,8+1,9+1. The number of nitrogens with two attached hydrogens (primary N) is 1. The molecular formula is C7H10N2O2S. The van der Waals surface area contributed by atoms with E-state index in [0.29, 0.717) is 17.4 Å². The van der Waals surface area contributed by atoms with Gasteiger partial charge < -0.3 is 10.5 Å². The van der Waals surface area contributed by atoms with Gasteiger partial charge in [0.15, 0.2) is 5.13 Å². The van der Waals surface area contributed by atoms with Gasteiger partial charge in [-0.2, -0.15) is 0 Å². The molecule has 0 unspecified atom stereocenters. The summed E-state index contributed by atoms with van der Waals surface area (Å²) in [4.78, 5) is 14.9. The second-order valence-electron chi connectivity index (χ2n) is 2.16. The van der Waals surface area contributed by atoms with Crippen LogP contribution in [-0.2, 0) is 16.0 Å². The molecule has 4 nitrogen and oxygen atoms in total. The van der Waals surface area contributed by atoms with Crippen molar-refractivity contribution in [1.29, 1.82) is 0 Å². The molecule has 1 heterocycles. The van der Waals surface area contributed by atoms with Gasteiger partial charge in [-0.25, -0.2) is 4.98 Å². The Hall–Kier alpha value is -1.10. The molecule has 1 rings (SSSR count). The lowest BCUT2D eigenvalue weighted by atomic mass is 10.4. The van der Waals surface area contributed by atoms with Crippen molar-refractivity contribution >= 4 is 22.4 Å². The van der Waals surface area contributed by atoms with Crippen molar-refractivity contribution in [1.82, 2.24) is 4.98 Å². The zero-order valence-electron chi connectivity index (χ0n) is 6.74. The number of anilines is 1. The van der Waals surface area contributed by atoms with E-state index in [1.807, 2.05) is 0 Å². The lowest BCUT2D eigenvalue weighted by Gasteiger charge is -1.97. The summed E-state index contributed by atoms with van der Waals surface area (Å²) in [5, 5.41) is 2.24. The number of ether oxygens (including phenoxy) is 1. The van der Waals surface area contributed by atoms with Gasteiger partial charge in [-0.1, -0.05) is 0 Å². The molecule has 0 aliphatic rings. The maximum atomic E-state index is 10.9. The zero-order valence-corrected chi connectivity index (χ0v) is 7.56. The van der Waals surface area contributed by atoms with E-state index in [1.54, 1.807) is 12.3 Å². The largest absolute Gasteiger partial charge is 0.466 e. The summed E-state index contributed by atoms with van der Waals surface area (Å²) in [6, 6.07) is 0. The van der Waals surface area contributed by atoms with Crippen molar-refractivity contribution < 1.29 is 9.53 Å². The first-order chi connectivity index (χ1) is 5.72. The molecule has 66 valence electrons. The molecule has 2 N–H and O–H groups in total. The summed E-state index contributed by atoms with van der Waals surface area (Å²) < 4.78 is 4.74. The van der Waals surface area contributed by atoms with Crippen LogP contribution in [0, 0.1) is 0 Å². The highest BCUT2D eigenvalue weighted by Crippen LogP contribution is 2.11. The normalized spacial score (nSPS) is 9.75. The third kappa shape index (κ3) is 2.50. The van der Waals surface area contributed by atoms with Gasteiger partial charge >= 0.3 is 5.97 Å². The molecule has 0 aliphatic carbocycles. The molecule has 0 atom stereocenters. The summed E-state index contributed by atoms with van der Waals surface area (Å²) in [6.45, 7) is 2.17. The highest BCUT2D eigenvalue weighted by molar-refractivity contribution is 7.13. The van der Waals surface area contributed by atoms with Crippen molar-refractivity contribution in [3.05, 3.63) is 11.1 Å². The third-order valence-electron chi connectivity index (χ3n) is 1.20. The minimum Gasteiger partial charge on any atom is -0.466 e. The van der Waals surface area contributed by atoms with Gasteiger partial charge in [0.05, 0.1) is 18.7 Å². The van der Waals surface area contributed by atoms with Crippen LogP contribution in [0.15, 0.2) is 5.38 Å². The molecule has 0 radical (unpaired) electrons. The molecule has 1 aromatic rings. The monoisotopic (exact) mass is 189 g/mol. The Balaban J connectivity index is 2.46. The van der Waals surface area contributed by atoms with Gasteiger partial charge in [0.2, 0.25) is 0 Å². The summed E-state index contributed by atoms with van der Waals surface area (Å²) >= 11 is 1.32. The second-order valence-corrected chi connectivity index (χ2v) is 3.05. The number of thiazole rings is 1. The van der Waals surface area contributed by atoms with Crippen molar-refractivity contribution in [3.8, 4) is 0 Å². The Morgan fingerprint density at radius 1 is 1.83 bits per heavy atom. The number of nitrogens with zero attached hydrogens (tertiary/aromatic N) is 1. The van der Waals surface area contributed by atoms with Crippen LogP contribution >= 0.6 is 11.3 Å². The average Bonchev–Trinajstić information content (AvgIpc) is 2.36.